The van der Waals surface area contributed by atoms with Crippen molar-refractivity contribution in [3.63, 3.8) is 0 Å². The highest BCUT2D eigenvalue weighted by Gasteiger charge is 2.36. The molecule has 2 aromatic carbocycles. The highest BCUT2D eigenvalue weighted by Crippen LogP contribution is 2.30. The molecule has 2 heterocycles. The van der Waals surface area contributed by atoms with Crippen LogP contribution in [0.1, 0.15) is 37.4 Å². The Morgan fingerprint density at radius 3 is 2.29 bits per heavy atom. The number of benzene rings is 2. The quantitative estimate of drug-likeness (QED) is 0.812. The molecule has 2 aromatic rings. The summed E-state index contributed by atoms with van der Waals surface area (Å²) in [6.45, 7) is 2.36. The molecule has 0 bridgehead atoms. The van der Waals surface area contributed by atoms with Crippen molar-refractivity contribution in [2.45, 2.75) is 25.8 Å². The van der Waals surface area contributed by atoms with Crippen molar-refractivity contribution < 1.29 is 14.4 Å². The van der Waals surface area contributed by atoms with Gasteiger partial charge in [-0.15, -0.1) is 0 Å². The molecule has 0 saturated heterocycles. The summed E-state index contributed by atoms with van der Waals surface area (Å²) in [7, 11) is 3.91. The molecule has 2 aliphatic heterocycles. The van der Waals surface area contributed by atoms with Crippen molar-refractivity contribution in [2.24, 2.45) is 0 Å². The van der Waals surface area contributed by atoms with Crippen LogP contribution in [0.15, 0.2) is 36.4 Å². The van der Waals surface area contributed by atoms with Crippen molar-refractivity contribution in [3.8, 4) is 0 Å². The lowest BCUT2D eigenvalue weighted by Gasteiger charge is -2.29. The highest BCUT2D eigenvalue weighted by molar-refractivity contribution is 6.21. The van der Waals surface area contributed by atoms with Gasteiger partial charge >= 0.3 is 0 Å². The third-order valence-corrected chi connectivity index (χ3v) is 5.78. The standard InChI is InChI=1S/C22H23N3O3/c1-13-14(8-9-19-18(13)11-20(26)23-19)10-15(24(2)3)12-25-21(27)16-6-4-5-7-17(16)22(25)28/h4-9,15H,10-12H2,1-3H3,(H,23,26)/t15-/m0/s1. The van der Waals surface area contributed by atoms with Crippen molar-refractivity contribution in [1.29, 1.82) is 0 Å². The summed E-state index contributed by atoms with van der Waals surface area (Å²) in [6, 6.07) is 10.9. The molecule has 144 valence electrons. The zero-order valence-electron chi connectivity index (χ0n) is 16.3. The van der Waals surface area contributed by atoms with Crippen LogP contribution in [0.5, 0.6) is 0 Å². The van der Waals surface area contributed by atoms with Crippen molar-refractivity contribution in [2.75, 3.05) is 26.0 Å². The topological polar surface area (TPSA) is 69.7 Å². The molecule has 0 spiro atoms. The van der Waals surface area contributed by atoms with Gasteiger partial charge in [0.25, 0.3) is 11.8 Å². The van der Waals surface area contributed by atoms with Crippen LogP contribution >= 0.6 is 0 Å². The molecular formula is C22H23N3O3. The normalized spacial score (nSPS) is 16.4. The van der Waals surface area contributed by atoms with Gasteiger partial charge in [-0.25, -0.2) is 0 Å². The molecule has 6 heteroatoms. The van der Waals surface area contributed by atoms with Gasteiger partial charge in [-0.1, -0.05) is 18.2 Å². The second-order valence-corrected chi connectivity index (χ2v) is 7.69. The number of imide groups is 1. The van der Waals surface area contributed by atoms with Crippen molar-refractivity contribution >= 4 is 23.4 Å². The first-order valence-corrected chi connectivity index (χ1v) is 9.39. The predicted molar refractivity (Wildman–Crippen MR) is 107 cm³/mol. The van der Waals surface area contributed by atoms with Crippen LogP contribution < -0.4 is 5.32 Å². The lowest BCUT2D eigenvalue weighted by Crippen LogP contribution is -2.44. The number of amides is 3. The molecule has 4 rings (SSSR count). The smallest absolute Gasteiger partial charge is 0.261 e. The zero-order valence-corrected chi connectivity index (χ0v) is 16.3. The van der Waals surface area contributed by atoms with E-state index in [9.17, 15) is 14.4 Å². The van der Waals surface area contributed by atoms with Gasteiger partial charge in [0.15, 0.2) is 0 Å². The van der Waals surface area contributed by atoms with Gasteiger partial charge in [0.05, 0.1) is 17.5 Å². The number of carbonyl (C=O) groups is 3. The van der Waals surface area contributed by atoms with E-state index < -0.39 is 0 Å². The van der Waals surface area contributed by atoms with Crippen LogP contribution in [0.25, 0.3) is 0 Å². The maximum absolute atomic E-state index is 12.7. The number of rotatable bonds is 5. The molecule has 1 N–H and O–H groups in total. The van der Waals surface area contributed by atoms with Crippen LogP contribution in [-0.2, 0) is 17.6 Å². The third-order valence-electron chi connectivity index (χ3n) is 5.78. The van der Waals surface area contributed by atoms with Crippen molar-refractivity contribution in [1.82, 2.24) is 9.80 Å². The SMILES string of the molecule is Cc1c(C[C@@H](CN2C(=O)c3ccccc3C2=O)N(C)C)ccc2c1CC(=O)N2. The molecule has 0 aromatic heterocycles. The molecule has 0 fully saturated rings. The number of carbonyl (C=O) groups excluding carboxylic acids is 3. The fraction of sp³-hybridized carbons (Fsp3) is 0.318. The lowest BCUT2D eigenvalue weighted by molar-refractivity contribution is -0.115. The number of likely N-dealkylation sites (N-methyl/N-ethyl adjacent to an activating group) is 1. The van der Waals surface area contributed by atoms with Crippen molar-refractivity contribution in [3.05, 3.63) is 64.2 Å². The minimum absolute atomic E-state index is 0.0189. The fourth-order valence-corrected chi connectivity index (χ4v) is 4.01. The van der Waals surface area contributed by atoms with E-state index in [0.29, 0.717) is 30.5 Å². The third kappa shape index (κ3) is 2.99. The Morgan fingerprint density at radius 1 is 1.04 bits per heavy atom. The summed E-state index contributed by atoms with van der Waals surface area (Å²) in [5.74, 6) is -0.439. The molecule has 0 saturated carbocycles. The van der Waals surface area contributed by atoms with Crippen LogP contribution in [0.2, 0.25) is 0 Å². The highest BCUT2D eigenvalue weighted by atomic mass is 16.2. The van der Waals surface area contributed by atoms with Gasteiger partial charge in [0, 0.05) is 18.3 Å². The van der Waals surface area contributed by atoms with E-state index in [0.717, 1.165) is 22.4 Å². The van der Waals surface area contributed by atoms with E-state index in [1.807, 2.05) is 38.1 Å². The van der Waals surface area contributed by atoms with E-state index in [1.54, 1.807) is 24.3 Å². The molecule has 0 unspecified atom stereocenters. The Labute approximate surface area is 164 Å². The van der Waals surface area contributed by atoms with E-state index in [2.05, 4.69) is 5.32 Å². The average molecular weight is 377 g/mol. The Morgan fingerprint density at radius 2 is 1.68 bits per heavy atom. The lowest BCUT2D eigenvalue weighted by atomic mass is 9.95. The first-order chi connectivity index (χ1) is 13.4. The maximum atomic E-state index is 12.7. The minimum Gasteiger partial charge on any atom is -0.326 e. The molecule has 0 radical (unpaired) electrons. The summed E-state index contributed by atoms with van der Waals surface area (Å²) < 4.78 is 0. The van der Waals surface area contributed by atoms with Gasteiger partial charge in [-0.3, -0.25) is 19.3 Å². The Kier molecular flexibility index (Phi) is 4.51. The van der Waals surface area contributed by atoms with Gasteiger partial charge in [0.2, 0.25) is 5.91 Å². The zero-order chi connectivity index (χ0) is 20.0. The second kappa shape index (κ2) is 6.87. The summed E-state index contributed by atoms with van der Waals surface area (Å²) in [6.07, 6.45) is 1.09. The fourth-order valence-electron chi connectivity index (χ4n) is 4.01. The summed E-state index contributed by atoms with van der Waals surface area (Å²) in [5, 5.41) is 2.88. The predicted octanol–water partition coefficient (Wildman–Crippen LogP) is 2.26. The Hall–Kier alpha value is -2.99. The first kappa shape index (κ1) is 18.4. The molecule has 2 aliphatic rings. The van der Waals surface area contributed by atoms with E-state index >= 15 is 0 Å². The van der Waals surface area contributed by atoms with Gasteiger partial charge in [-0.05, 0) is 62.3 Å². The number of nitrogens with one attached hydrogen (secondary N) is 1. The summed E-state index contributed by atoms with van der Waals surface area (Å²) in [4.78, 5) is 40.5. The monoisotopic (exact) mass is 377 g/mol. The van der Waals surface area contributed by atoms with E-state index in [-0.39, 0.29) is 23.8 Å². The summed E-state index contributed by atoms with van der Waals surface area (Å²) >= 11 is 0. The van der Waals surface area contributed by atoms with Crippen LogP contribution in [0.4, 0.5) is 5.69 Å². The van der Waals surface area contributed by atoms with Gasteiger partial charge in [-0.2, -0.15) is 0 Å². The van der Waals surface area contributed by atoms with Gasteiger partial charge in [0.1, 0.15) is 0 Å². The van der Waals surface area contributed by atoms with E-state index in [1.165, 1.54) is 4.90 Å². The van der Waals surface area contributed by atoms with Crippen LogP contribution in [0.3, 0.4) is 0 Å². The minimum atomic E-state index is -0.229. The Balaban J connectivity index is 1.57. The number of fused-ring (bicyclic) bond motifs is 2. The summed E-state index contributed by atoms with van der Waals surface area (Å²) in [5.41, 5.74) is 5.11. The van der Waals surface area contributed by atoms with Crippen LogP contribution in [-0.4, -0.2) is 54.2 Å². The largest absolute Gasteiger partial charge is 0.326 e. The number of nitrogens with zero attached hydrogens (tertiary/aromatic N) is 2. The number of hydrogen-bond acceptors (Lipinski definition) is 4. The molecule has 3 amide bonds. The Bertz CT molecular complexity index is 962. The molecule has 28 heavy (non-hydrogen) atoms. The molecule has 1 atom stereocenters. The average Bonchev–Trinajstić information content (AvgIpc) is 3.16. The molecular weight excluding hydrogens is 354 g/mol. The maximum Gasteiger partial charge on any atom is 0.261 e. The molecule has 6 nitrogen and oxygen atoms in total. The van der Waals surface area contributed by atoms with E-state index in [4.69, 9.17) is 0 Å². The number of hydrogen-bond donors (Lipinski definition) is 1. The van der Waals surface area contributed by atoms with Crippen LogP contribution in [0, 0.1) is 6.92 Å². The molecule has 0 aliphatic carbocycles. The number of anilines is 1. The van der Waals surface area contributed by atoms with Gasteiger partial charge < -0.3 is 10.2 Å². The second-order valence-electron chi connectivity index (χ2n) is 7.69. The first-order valence-electron chi connectivity index (χ1n) is 9.39.